The molecule has 0 fully saturated rings. The maximum absolute atomic E-state index is 13.1. The van der Waals surface area contributed by atoms with Gasteiger partial charge in [0.25, 0.3) is 0 Å². The fourth-order valence-corrected chi connectivity index (χ4v) is 4.93. The van der Waals surface area contributed by atoms with E-state index in [9.17, 15) is 15.0 Å². The van der Waals surface area contributed by atoms with Crippen LogP contribution >= 0.6 is 0 Å². The Morgan fingerprint density at radius 1 is 1.00 bits per heavy atom. The summed E-state index contributed by atoms with van der Waals surface area (Å²) in [6, 6.07) is 4.10. The minimum Gasteiger partial charge on any atom is -0.507 e. The Morgan fingerprint density at radius 2 is 1.47 bits per heavy atom. The highest BCUT2D eigenvalue weighted by molar-refractivity contribution is 5.80. The Balaban J connectivity index is 3.59. The molecule has 1 rings (SSSR count). The van der Waals surface area contributed by atoms with Crippen LogP contribution < -0.4 is 0 Å². The van der Waals surface area contributed by atoms with E-state index in [2.05, 4.69) is 67.2 Å². The van der Waals surface area contributed by atoms with Gasteiger partial charge in [0.05, 0.1) is 12.0 Å². The molecule has 5 heteroatoms. The monoisotopic (exact) mass is 505 g/mol. The molecule has 0 spiro atoms. The van der Waals surface area contributed by atoms with Crippen molar-refractivity contribution in [1.82, 2.24) is 4.90 Å². The molecule has 0 amide bonds. The van der Waals surface area contributed by atoms with Crippen LogP contribution in [0.4, 0.5) is 0 Å². The summed E-state index contributed by atoms with van der Waals surface area (Å²) >= 11 is 0. The molecule has 4 unspecified atom stereocenters. The minimum absolute atomic E-state index is 0.0784. The highest BCUT2D eigenvalue weighted by Gasteiger charge is 2.37. The number of phenolic OH excluding ortho intramolecular Hbond substituents is 1. The topological polar surface area (TPSA) is 70.0 Å². The summed E-state index contributed by atoms with van der Waals surface area (Å²) in [6.45, 7) is 22.5. The Morgan fingerprint density at radius 3 is 1.83 bits per heavy atom. The number of nitrogens with zero attached hydrogens (tertiary/aromatic N) is 1. The third-order valence-electron chi connectivity index (χ3n) is 7.62. The minimum atomic E-state index is -1.21. The lowest BCUT2D eigenvalue weighted by molar-refractivity contribution is -0.177. The molecule has 1 aromatic carbocycles. The first kappa shape index (κ1) is 32.6. The van der Waals surface area contributed by atoms with Crippen molar-refractivity contribution in [3.8, 4) is 5.75 Å². The van der Waals surface area contributed by atoms with Gasteiger partial charge in [-0.25, -0.2) is 0 Å². The van der Waals surface area contributed by atoms with Crippen molar-refractivity contribution in [2.24, 2.45) is 5.92 Å². The fraction of sp³-hybridized carbons (Fsp3) is 0.774. The lowest BCUT2D eigenvalue weighted by atomic mass is 9.73. The van der Waals surface area contributed by atoms with Gasteiger partial charge in [0.1, 0.15) is 11.5 Å². The second-order valence-electron chi connectivity index (χ2n) is 13.6. The largest absolute Gasteiger partial charge is 0.507 e. The number of ether oxygens (including phenoxy) is 1. The van der Waals surface area contributed by atoms with Gasteiger partial charge >= 0.3 is 0 Å². The number of aliphatic hydroxyl groups excluding tert-OH is 1. The standard InChI is InChI=1S/C31H55NO4/c1-14-15-16-23(22-17-24(29(4,5)6)27(34)25(18-22)30(7,8)9)26(21(3)33)28(35)36-20(2)19-31(10,11)32(12)13/h17-18,20,23,26,28,34-35H,14-16,19H2,1-13H3. The molecule has 0 aliphatic carbocycles. The summed E-state index contributed by atoms with van der Waals surface area (Å²) in [7, 11) is 4.07. The van der Waals surface area contributed by atoms with E-state index >= 15 is 0 Å². The van der Waals surface area contributed by atoms with Crippen molar-refractivity contribution >= 4 is 5.78 Å². The highest BCUT2D eigenvalue weighted by atomic mass is 16.6. The number of ketones is 1. The van der Waals surface area contributed by atoms with Gasteiger partial charge in [0, 0.05) is 5.54 Å². The van der Waals surface area contributed by atoms with Gasteiger partial charge in [-0.05, 0) is 88.1 Å². The second-order valence-corrected chi connectivity index (χ2v) is 13.6. The molecule has 0 aliphatic heterocycles. The first-order valence-corrected chi connectivity index (χ1v) is 13.6. The third kappa shape index (κ3) is 8.56. The lowest BCUT2D eigenvalue weighted by Gasteiger charge is -2.37. The zero-order chi connectivity index (χ0) is 28.2. The van der Waals surface area contributed by atoms with E-state index in [4.69, 9.17) is 4.74 Å². The van der Waals surface area contributed by atoms with E-state index in [0.29, 0.717) is 5.75 Å². The van der Waals surface area contributed by atoms with Crippen LogP contribution in [-0.4, -0.2) is 52.9 Å². The second kappa shape index (κ2) is 12.4. The van der Waals surface area contributed by atoms with Gasteiger partial charge in [-0.1, -0.05) is 73.4 Å². The molecule has 0 bridgehead atoms. The average Bonchev–Trinajstić information content (AvgIpc) is 2.68. The fourth-order valence-electron chi connectivity index (χ4n) is 4.93. The van der Waals surface area contributed by atoms with Crippen molar-refractivity contribution in [2.75, 3.05) is 14.1 Å². The van der Waals surface area contributed by atoms with Crippen LogP contribution in [0, 0.1) is 5.92 Å². The van der Waals surface area contributed by atoms with Crippen molar-refractivity contribution in [1.29, 1.82) is 0 Å². The maximum atomic E-state index is 13.1. The van der Waals surface area contributed by atoms with Crippen LogP contribution in [0.25, 0.3) is 0 Å². The number of aliphatic hydroxyl groups is 1. The van der Waals surface area contributed by atoms with Gasteiger partial charge in [0.2, 0.25) is 0 Å². The first-order chi connectivity index (χ1) is 16.2. The molecule has 36 heavy (non-hydrogen) atoms. The molecule has 0 heterocycles. The number of rotatable bonds is 12. The van der Waals surface area contributed by atoms with Gasteiger partial charge < -0.3 is 19.8 Å². The lowest BCUT2D eigenvalue weighted by Crippen LogP contribution is -2.43. The number of benzene rings is 1. The molecule has 4 atom stereocenters. The van der Waals surface area contributed by atoms with Crippen molar-refractivity contribution in [3.63, 3.8) is 0 Å². The Hall–Kier alpha value is -1.43. The molecule has 5 nitrogen and oxygen atoms in total. The first-order valence-electron chi connectivity index (χ1n) is 13.6. The Kier molecular flexibility index (Phi) is 11.2. The summed E-state index contributed by atoms with van der Waals surface area (Å²) in [6.07, 6.45) is 1.98. The number of carbonyl (C=O) groups excluding carboxylic acids is 1. The molecular weight excluding hydrogens is 450 g/mol. The summed E-state index contributed by atoms with van der Waals surface area (Å²) < 4.78 is 6.12. The summed E-state index contributed by atoms with van der Waals surface area (Å²) in [5.41, 5.74) is 2.06. The Bertz CT molecular complexity index is 825. The van der Waals surface area contributed by atoms with E-state index in [-0.39, 0.29) is 34.2 Å². The zero-order valence-corrected chi connectivity index (χ0v) is 25.5. The van der Waals surface area contributed by atoms with Gasteiger partial charge in [-0.3, -0.25) is 4.79 Å². The predicted molar refractivity (Wildman–Crippen MR) is 151 cm³/mol. The molecule has 0 aromatic heterocycles. The van der Waals surface area contributed by atoms with Gasteiger partial charge in [-0.2, -0.15) is 0 Å². The van der Waals surface area contributed by atoms with Crippen LogP contribution in [-0.2, 0) is 20.4 Å². The van der Waals surface area contributed by atoms with Crippen LogP contribution in [0.5, 0.6) is 5.75 Å². The molecule has 1 aromatic rings. The number of phenols is 1. The molecule has 0 aliphatic rings. The van der Waals surface area contributed by atoms with Crippen LogP contribution in [0.15, 0.2) is 12.1 Å². The quantitative estimate of drug-likeness (QED) is 0.302. The number of Topliss-reactive ketones (excluding diaryl/α,β-unsaturated/α-hetero) is 1. The number of hydrogen-bond donors (Lipinski definition) is 2. The smallest absolute Gasteiger partial charge is 0.165 e. The number of carbonyl (C=O) groups is 1. The van der Waals surface area contributed by atoms with Crippen molar-refractivity contribution in [2.45, 2.75) is 137 Å². The summed E-state index contributed by atoms with van der Waals surface area (Å²) in [4.78, 5) is 15.2. The number of aromatic hydroxyl groups is 1. The molecular formula is C31H55NO4. The Labute approximate surface area is 221 Å². The SMILES string of the molecule is CCCCC(c1cc(C(C)(C)C)c(O)c(C(C)(C)C)c1)C(C(C)=O)C(O)OC(C)CC(C)(C)N(C)C. The normalized spacial score (nSPS) is 16.6. The van der Waals surface area contributed by atoms with Crippen molar-refractivity contribution < 1.29 is 19.7 Å². The number of hydrogen-bond acceptors (Lipinski definition) is 5. The van der Waals surface area contributed by atoms with Crippen LogP contribution in [0.2, 0.25) is 0 Å². The molecule has 208 valence electrons. The maximum Gasteiger partial charge on any atom is 0.165 e. The zero-order valence-electron chi connectivity index (χ0n) is 25.5. The van der Waals surface area contributed by atoms with E-state index in [1.54, 1.807) is 6.92 Å². The summed E-state index contributed by atoms with van der Waals surface area (Å²) in [5.74, 6) is -0.657. The predicted octanol–water partition coefficient (Wildman–Crippen LogP) is 6.92. The third-order valence-corrected chi connectivity index (χ3v) is 7.62. The molecule has 2 N–H and O–H groups in total. The van der Waals surface area contributed by atoms with Crippen LogP contribution in [0.3, 0.4) is 0 Å². The average molecular weight is 506 g/mol. The van der Waals surface area contributed by atoms with Crippen LogP contribution in [0.1, 0.15) is 124 Å². The molecule has 0 radical (unpaired) electrons. The number of unbranched alkanes of at least 4 members (excludes halogenated alkanes) is 1. The van der Waals surface area contributed by atoms with E-state index < -0.39 is 12.2 Å². The van der Waals surface area contributed by atoms with E-state index in [1.807, 2.05) is 33.2 Å². The molecule has 0 saturated carbocycles. The van der Waals surface area contributed by atoms with Gasteiger partial charge in [0.15, 0.2) is 6.29 Å². The van der Waals surface area contributed by atoms with E-state index in [1.165, 1.54) is 0 Å². The van der Waals surface area contributed by atoms with E-state index in [0.717, 1.165) is 42.4 Å². The van der Waals surface area contributed by atoms with Gasteiger partial charge in [-0.15, -0.1) is 0 Å². The molecule has 0 saturated heterocycles. The summed E-state index contributed by atoms with van der Waals surface area (Å²) in [5, 5.41) is 22.5. The van der Waals surface area contributed by atoms with Crippen molar-refractivity contribution in [3.05, 3.63) is 28.8 Å². The highest BCUT2D eigenvalue weighted by Crippen LogP contribution is 2.44.